The summed E-state index contributed by atoms with van der Waals surface area (Å²) >= 11 is 0. The van der Waals surface area contributed by atoms with Gasteiger partial charge in [-0.1, -0.05) is 23.3 Å². The van der Waals surface area contributed by atoms with Crippen LogP contribution in [0.5, 0.6) is 5.75 Å². The molecule has 1 saturated heterocycles. The summed E-state index contributed by atoms with van der Waals surface area (Å²) in [6, 6.07) is 7.76. The lowest BCUT2D eigenvalue weighted by Gasteiger charge is -2.28. The molecule has 0 spiro atoms. The molecule has 1 aromatic rings. The van der Waals surface area contributed by atoms with Crippen LogP contribution in [0.4, 0.5) is 0 Å². The Bertz CT molecular complexity index is 514. The van der Waals surface area contributed by atoms with Crippen molar-refractivity contribution in [2.75, 3.05) is 20.2 Å². The Morgan fingerprint density at radius 2 is 1.65 bits per heavy atom. The van der Waals surface area contributed by atoms with Crippen molar-refractivity contribution in [3.8, 4) is 5.75 Å². The van der Waals surface area contributed by atoms with Crippen molar-refractivity contribution >= 4 is 5.91 Å². The molecule has 1 amide bonds. The normalized spacial score (nSPS) is 18.1. The van der Waals surface area contributed by atoms with E-state index in [0.717, 1.165) is 37.2 Å². The quantitative estimate of drug-likeness (QED) is 0.791. The summed E-state index contributed by atoms with van der Waals surface area (Å²) in [4.78, 5) is 14.3. The van der Waals surface area contributed by atoms with Gasteiger partial charge in [-0.3, -0.25) is 4.79 Å². The van der Waals surface area contributed by atoms with E-state index in [0.29, 0.717) is 6.42 Å². The van der Waals surface area contributed by atoms with E-state index in [1.807, 2.05) is 29.2 Å². The standard InChI is InChI=1S/C17H21NO2/c1-20-16-6-2-13(3-7-16)12-17(19)18-10-8-15(9-11-18)14-4-5-14/h2-3,6-7H,4-5,8-12H2,1H3. The van der Waals surface area contributed by atoms with E-state index in [9.17, 15) is 4.79 Å². The minimum absolute atomic E-state index is 0.245. The zero-order chi connectivity index (χ0) is 13.9. The third-order valence-electron chi connectivity index (χ3n) is 4.23. The highest BCUT2D eigenvalue weighted by atomic mass is 16.5. The highest BCUT2D eigenvalue weighted by Gasteiger charge is 2.24. The molecule has 3 rings (SSSR count). The zero-order valence-corrected chi connectivity index (χ0v) is 12.0. The van der Waals surface area contributed by atoms with Crippen LogP contribution in [-0.2, 0) is 11.2 Å². The molecule has 0 aromatic heterocycles. The smallest absolute Gasteiger partial charge is 0.227 e. The van der Waals surface area contributed by atoms with Gasteiger partial charge in [0, 0.05) is 13.1 Å². The van der Waals surface area contributed by atoms with Gasteiger partial charge in [-0.25, -0.2) is 0 Å². The first-order chi connectivity index (χ1) is 9.76. The topological polar surface area (TPSA) is 29.5 Å². The maximum Gasteiger partial charge on any atom is 0.227 e. The molecule has 1 aromatic carbocycles. The van der Waals surface area contributed by atoms with Crippen molar-refractivity contribution in [1.82, 2.24) is 4.90 Å². The van der Waals surface area contributed by atoms with Gasteiger partial charge in [-0.05, 0) is 43.4 Å². The Morgan fingerprint density at radius 3 is 2.20 bits per heavy atom. The summed E-state index contributed by atoms with van der Waals surface area (Å²) in [5.41, 5.74) is 4.34. The number of carbonyl (C=O) groups is 1. The van der Waals surface area contributed by atoms with E-state index in [1.54, 1.807) is 18.3 Å². The number of benzene rings is 1. The summed E-state index contributed by atoms with van der Waals surface area (Å²) in [6.07, 6.45) is 5.27. The van der Waals surface area contributed by atoms with Crippen molar-refractivity contribution < 1.29 is 9.53 Å². The number of piperidine rings is 1. The van der Waals surface area contributed by atoms with Crippen LogP contribution in [0.25, 0.3) is 0 Å². The maximum absolute atomic E-state index is 12.3. The number of methoxy groups -OCH3 is 1. The van der Waals surface area contributed by atoms with Gasteiger partial charge in [0.15, 0.2) is 0 Å². The number of ether oxygens (including phenoxy) is 1. The van der Waals surface area contributed by atoms with Crippen molar-refractivity contribution in [2.45, 2.75) is 32.1 Å². The first-order valence-corrected chi connectivity index (χ1v) is 7.37. The SMILES string of the molecule is COc1ccc(CC(=O)N2CCC(=C3CC3)CC2)cc1. The maximum atomic E-state index is 12.3. The van der Waals surface area contributed by atoms with Crippen molar-refractivity contribution in [2.24, 2.45) is 0 Å². The van der Waals surface area contributed by atoms with Gasteiger partial charge < -0.3 is 9.64 Å². The average molecular weight is 271 g/mol. The summed E-state index contributed by atoms with van der Waals surface area (Å²) in [5, 5.41) is 0. The molecule has 2 aliphatic rings. The largest absolute Gasteiger partial charge is 0.497 e. The third-order valence-corrected chi connectivity index (χ3v) is 4.23. The lowest BCUT2D eigenvalue weighted by molar-refractivity contribution is -0.130. The fraction of sp³-hybridized carbons (Fsp3) is 0.471. The second-order valence-electron chi connectivity index (χ2n) is 5.61. The first kappa shape index (κ1) is 13.2. The molecule has 20 heavy (non-hydrogen) atoms. The Hall–Kier alpha value is -1.77. The summed E-state index contributed by atoms with van der Waals surface area (Å²) in [7, 11) is 1.65. The Kier molecular flexibility index (Phi) is 3.77. The molecule has 1 heterocycles. The fourth-order valence-corrected chi connectivity index (χ4v) is 2.83. The van der Waals surface area contributed by atoms with Crippen LogP contribution < -0.4 is 4.74 Å². The molecular formula is C17H21NO2. The van der Waals surface area contributed by atoms with Crippen LogP contribution in [0.3, 0.4) is 0 Å². The molecule has 1 aliphatic heterocycles. The van der Waals surface area contributed by atoms with Gasteiger partial charge in [0.25, 0.3) is 0 Å². The highest BCUT2D eigenvalue weighted by molar-refractivity contribution is 5.79. The summed E-state index contributed by atoms with van der Waals surface area (Å²) in [6.45, 7) is 1.79. The number of hydrogen-bond donors (Lipinski definition) is 0. The third kappa shape index (κ3) is 3.03. The van der Waals surface area contributed by atoms with Crippen LogP contribution in [0.2, 0.25) is 0 Å². The minimum atomic E-state index is 0.245. The molecule has 0 atom stereocenters. The van der Waals surface area contributed by atoms with E-state index < -0.39 is 0 Å². The predicted molar refractivity (Wildman–Crippen MR) is 78.8 cm³/mol. The van der Waals surface area contributed by atoms with Crippen molar-refractivity contribution in [1.29, 1.82) is 0 Å². The molecule has 0 bridgehead atoms. The zero-order valence-electron chi connectivity index (χ0n) is 12.0. The summed E-state index contributed by atoms with van der Waals surface area (Å²) < 4.78 is 5.13. The molecule has 2 fully saturated rings. The van der Waals surface area contributed by atoms with Gasteiger partial charge >= 0.3 is 0 Å². The molecule has 1 aliphatic carbocycles. The summed E-state index contributed by atoms with van der Waals surface area (Å²) in [5.74, 6) is 1.08. The van der Waals surface area contributed by atoms with Crippen LogP contribution in [0.1, 0.15) is 31.2 Å². The molecule has 0 radical (unpaired) electrons. The van der Waals surface area contributed by atoms with E-state index in [2.05, 4.69) is 0 Å². The average Bonchev–Trinajstić information content (AvgIpc) is 3.33. The van der Waals surface area contributed by atoms with Crippen LogP contribution in [0, 0.1) is 0 Å². The van der Waals surface area contributed by atoms with Gasteiger partial charge in [0.05, 0.1) is 13.5 Å². The van der Waals surface area contributed by atoms with E-state index in [-0.39, 0.29) is 5.91 Å². The highest BCUT2D eigenvalue weighted by Crippen LogP contribution is 2.36. The van der Waals surface area contributed by atoms with Gasteiger partial charge in [0.1, 0.15) is 5.75 Å². The van der Waals surface area contributed by atoms with Crippen molar-refractivity contribution in [3.63, 3.8) is 0 Å². The second kappa shape index (κ2) is 5.70. The predicted octanol–water partition coefficient (Wildman–Crippen LogP) is 2.95. The van der Waals surface area contributed by atoms with E-state index in [4.69, 9.17) is 4.74 Å². The molecule has 3 nitrogen and oxygen atoms in total. The Morgan fingerprint density at radius 1 is 1.05 bits per heavy atom. The molecule has 106 valence electrons. The fourth-order valence-electron chi connectivity index (χ4n) is 2.83. The molecule has 3 heteroatoms. The molecule has 0 unspecified atom stereocenters. The number of hydrogen-bond acceptors (Lipinski definition) is 2. The van der Waals surface area contributed by atoms with Crippen LogP contribution in [0.15, 0.2) is 35.4 Å². The van der Waals surface area contributed by atoms with E-state index >= 15 is 0 Å². The van der Waals surface area contributed by atoms with Crippen LogP contribution >= 0.6 is 0 Å². The lowest BCUT2D eigenvalue weighted by atomic mass is 10.0. The number of carbonyl (C=O) groups excluding carboxylic acids is 1. The monoisotopic (exact) mass is 271 g/mol. The Labute approximate surface area is 120 Å². The molecule has 1 saturated carbocycles. The Balaban J connectivity index is 1.55. The minimum Gasteiger partial charge on any atom is -0.497 e. The van der Waals surface area contributed by atoms with Gasteiger partial charge in [0.2, 0.25) is 5.91 Å². The molecular weight excluding hydrogens is 250 g/mol. The van der Waals surface area contributed by atoms with Crippen molar-refractivity contribution in [3.05, 3.63) is 41.0 Å². The number of nitrogens with zero attached hydrogens (tertiary/aromatic N) is 1. The van der Waals surface area contributed by atoms with Gasteiger partial charge in [-0.15, -0.1) is 0 Å². The number of amides is 1. The van der Waals surface area contributed by atoms with Crippen LogP contribution in [-0.4, -0.2) is 31.0 Å². The lowest BCUT2D eigenvalue weighted by Crippen LogP contribution is -2.37. The number of rotatable bonds is 3. The number of allylic oxidation sites excluding steroid dienone is 1. The second-order valence-corrected chi connectivity index (χ2v) is 5.61. The first-order valence-electron chi connectivity index (χ1n) is 7.37. The molecule has 0 N–H and O–H groups in total. The van der Waals surface area contributed by atoms with E-state index in [1.165, 1.54) is 12.8 Å². The van der Waals surface area contributed by atoms with Gasteiger partial charge in [-0.2, -0.15) is 0 Å². The number of likely N-dealkylation sites (tertiary alicyclic amines) is 1.